The Kier molecular flexibility index (Phi) is 13.4. The molecule has 0 aromatic carbocycles. The van der Waals surface area contributed by atoms with Gasteiger partial charge in [0, 0.05) is 38.0 Å². The lowest BCUT2D eigenvalue weighted by atomic mass is 9.83. The molecule has 1 aliphatic heterocycles. The number of rotatable bonds is 9. The Bertz CT molecular complexity index is 428. The smallest absolute Gasteiger partial charge is 0.224 e. The zero-order valence-corrected chi connectivity index (χ0v) is 18.5. The molecule has 1 N–H and O–H groups in total. The van der Waals surface area contributed by atoms with Gasteiger partial charge in [0.15, 0.2) is 0 Å². The van der Waals surface area contributed by atoms with Crippen LogP contribution in [0.25, 0.3) is 0 Å². The molecule has 1 aliphatic carbocycles. The molecule has 0 aromatic rings. The van der Waals surface area contributed by atoms with E-state index in [1.165, 1.54) is 19.3 Å². The number of hydrogen-bond donors (Lipinski definition) is 1. The number of Topliss-reactive ketones (excluding diaryl/α,β-unsaturated/α-hetero) is 1. The van der Waals surface area contributed by atoms with Gasteiger partial charge < -0.3 is 19.7 Å². The summed E-state index contributed by atoms with van der Waals surface area (Å²) in [5.74, 6) is 1.34. The maximum atomic E-state index is 11.7. The molecule has 0 bridgehead atoms. The number of piperazine rings is 1. The quantitative estimate of drug-likeness (QED) is 0.605. The second-order valence-electron chi connectivity index (χ2n) is 8.30. The number of carbonyl (C=O) groups excluding carboxylic acids is 2. The molecule has 164 valence electrons. The van der Waals surface area contributed by atoms with Gasteiger partial charge in [0.1, 0.15) is 5.78 Å². The minimum atomic E-state index is 0.191. The van der Waals surface area contributed by atoms with Crippen LogP contribution in [0.3, 0.4) is 0 Å². The van der Waals surface area contributed by atoms with Gasteiger partial charge in [-0.2, -0.15) is 0 Å². The van der Waals surface area contributed by atoms with Crippen LogP contribution >= 0.6 is 0 Å². The first-order valence-corrected chi connectivity index (χ1v) is 11.1. The van der Waals surface area contributed by atoms with E-state index in [1.807, 2.05) is 32.6 Å². The lowest BCUT2D eigenvalue weighted by molar-refractivity contribution is -0.133. The number of ether oxygens (including phenoxy) is 2. The molecule has 2 fully saturated rings. The third kappa shape index (κ3) is 11.1. The zero-order valence-electron chi connectivity index (χ0n) is 18.5. The first-order valence-electron chi connectivity index (χ1n) is 11.1. The molecule has 2 rings (SSSR count). The highest BCUT2D eigenvalue weighted by Crippen LogP contribution is 2.26. The number of nitrogens with zero attached hydrogens (tertiary/aromatic N) is 1. The van der Waals surface area contributed by atoms with Gasteiger partial charge in [0.05, 0.1) is 32.3 Å². The van der Waals surface area contributed by atoms with Gasteiger partial charge in [0.25, 0.3) is 0 Å². The number of carbonyl (C=O) groups is 2. The molecule has 6 heteroatoms. The summed E-state index contributed by atoms with van der Waals surface area (Å²) in [6, 6.07) is 0. The van der Waals surface area contributed by atoms with E-state index >= 15 is 0 Å². The highest BCUT2D eigenvalue weighted by molar-refractivity contribution is 5.82. The molecular formula is C22H42N2O4. The Morgan fingerprint density at radius 3 is 2.18 bits per heavy atom. The van der Waals surface area contributed by atoms with Crippen molar-refractivity contribution in [1.82, 2.24) is 10.2 Å². The lowest BCUT2D eigenvalue weighted by Crippen LogP contribution is -2.46. The predicted octanol–water partition coefficient (Wildman–Crippen LogP) is 3.04. The number of hydrogen-bond acceptors (Lipinski definition) is 5. The summed E-state index contributed by atoms with van der Waals surface area (Å²) >= 11 is 0. The van der Waals surface area contributed by atoms with Gasteiger partial charge >= 0.3 is 0 Å². The van der Waals surface area contributed by atoms with Crippen molar-refractivity contribution in [2.75, 3.05) is 46.0 Å². The van der Waals surface area contributed by atoms with Gasteiger partial charge in [-0.1, -0.05) is 33.1 Å². The highest BCUT2D eigenvalue weighted by atomic mass is 16.5. The fourth-order valence-electron chi connectivity index (χ4n) is 3.54. The number of ketones is 1. The van der Waals surface area contributed by atoms with Crippen LogP contribution in [0.1, 0.15) is 66.2 Å². The van der Waals surface area contributed by atoms with Crippen LogP contribution in [0.5, 0.6) is 0 Å². The van der Waals surface area contributed by atoms with E-state index in [2.05, 4.69) is 5.32 Å². The largest absolute Gasteiger partial charge is 0.379 e. The average molecular weight is 399 g/mol. The molecule has 0 spiro atoms. The molecule has 1 saturated heterocycles. The summed E-state index contributed by atoms with van der Waals surface area (Å²) in [5.41, 5.74) is 0. The van der Waals surface area contributed by atoms with E-state index in [4.69, 9.17) is 9.47 Å². The molecule has 1 saturated carbocycles. The van der Waals surface area contributed by atoms with Crippen LogP contribution in [-0.4, -0.2) is 68.7 Å². The fourth-order valence-corrected chi connectivity index (χ4v) is 3.54. The standard InChI is InChI=1S/C12H24N2O3.C10H18O/c1-11(2)17-10-9-16-8-3-12(15)14-6-4-13-5-7-14;1-8(2)10(11)9-6-4-3-5-7-9/h11,13H,3-10H2,1-2H3;8-9H,3-7H2,1-2H3. The third-order valence-electron chi connectivity index (χ3n) is 5.19. The van der Waals surface area contributed by atoms with E-state index in [-0.39, 0.29) is 17.9 Å². The number of nitrogens with one attached hydrogen (secondary N) is 1. The molecule has 0 radical (unpaired) electrons. The van der Waals surface area contributed by atoms with Gasteiger partial charge in [0.2, 0.25) is 5.91 Å². The van der Waals surface area contributed by atoms with Crippen molar-refractivity contribution in [3.05, 3.63) is 0 Å². The molecule has 1 heterocycles. The SMILES string of the molecule is CC(C)C(=O)C1CCCCC1.CC(C)OCCOCCC(=O)N1CCNCC1. The van der Waals surface area contributed by atoms with Crippen molar-refractivity contribution >= 4 is 11.7 Å². The van der Waals surface area contributed by atoms with Crippen LogP contribution in [-0.2, 0) is 19.1 Å². The Balaban J connectivity index is 0.000000307. The van der Waals surface area contributed by atoms with Gasteiger partial charge in [-0.25, -0.2) is 0 Å². The minimum Gasteiger partial charge on any atom is -0.379 e. The van der Waals surface area contributed by atoms with Crippen LogP contribution < -0.4 is 5.32 Å². The van der Waals surface area contributed by atoms with E-state index in [0.29, 0.717) is 37.9 Å². The van der Waals surface area contributed by atoms with Gasteiger partial charge in [-0.3, -0.25) is 9.59 Å². The fraction of sp³-hybridized carbons (Fsp3) is 0.909. The van der Waals surface area contributed by atoms with E-state index in [1.54, 1.807) is 0 Å². The van der Waals surface area contributed by atoms with Crippen molar-refractivity contribution < 1.29 is 19.1 Å². The summed E-state index contributed by atoms with van der Waals surface area (Å²) in [5, 5.41) is 3.22. The van der Waals surface area contributed by atoms with E-state index in [9.17, 15) is 9.59 Å². The van der Waals surface area contributed by atoms with Crippen molar-refractivity contribution in [2.45, 2.75) is 72.3 Å². The molecule has 0 aromatic heterocycles. The zero-order chi connectivity index (χ0) is 20.8. The van der Waals surface area contributed by atoms with Crippen molar-refractivity contribution in [3.8, 4) is 0 Å². The Hall–Kier alpha value is -0.980. The predicted molar refractivity (Wildman–Crippen MR) is 112 cm³/mol. The maximum Gasteiger partial charge on any atom is 0.224 e. The normalized spacial score (nSPS) is 18.1. The lowest BCUT2D eigenvalue weighted by Gasteiger charge is -2.27. The molecule has 2 aliphatic rings. The molecular weight excluding hydrogens is 356 g/mol. The topological polar surface area (TPSA) is 67.9 Å². The summed E-state index contributed by atoms with van der Waals surface area (Å²) < 4.78 is 10.7. The van der Waals surface area contributed by atoms with Crippen molar-refractivity contribution in [3.63, 3.8) is 0 Å². The first kappa shape index (κ1) is 25.1. The van der Waals surface area contributed by atoms with E-state index in [0.717, 1.165) is 39.0 Å². The highest BCUT2D eigenvalue weighted by Gasteiger charge is 2.22. The molecule has 6 nitrogen and oxygen atoms in total. The van der Waals surface area contributed by atoms with Crippen LogP contribution in [0.2, 0.25) is 0 Å². The summed E-state index contributed by atoms with van der Waals surface area (Å²) in [7, 11) is 0. The van der Waals surface area contributed by atoms with Crippen molar-refractivity contribution in [1.29, 1.82) is 0 Å². The second kappa shape index (κ2) is 14.9. The summed E-state index contributed by atoms with van der Waals surface area (Å²) in [4.78, 5) is 25.1. The second-order valence-corrected chi connectivity index (χ2v) is 8.30. The molecule has 1 amide bonds. The minimum absolute atomic E-state index is 0.191. The molecule has 0 unspecified atom stereocenters. The van der Waals surface area contributed by atoms with Crippen LogP contribution in [0.4, 0.5) is 0 Å². The summed E-state index contributed by atoms with van der Waals surface area (Å²) in [6.07, 6.45) is 6.88. The Labute approximate surface area is 171 Å². The first-order chi connectivity index (χ1) is 13.4. The monoisotopic (exact) mass is 398 g/mol. The van der Waals surface area contributed by atoms with Crippen molar-refractivity contribution in [2.24, 2.45) is 11.8 Å². The van der Waals surface area contributed by atoms with Gasteiger partial charge in [-0.05, 0) is 26.7 Å². The number of amides is 1. The molecule has 0 atom stereocenters. The summed E-state index contributed by atoms with van der Waals surface area (Å²) in [6.45, 7) is 13.1. The Morgan fingerprint density at radius 1 is 0.964 bits per heavy atom. The Morgan fingerprint density at radius 2 is 1.61 bits per heavy atom. The van der Waals surface area contributed by atoms with E-state index < -0.39 is 0 Å². The third-order valence-corrected chi connectivity index (χ3v) is 5.19. The maximum absolute atomic E-state index is 11.7. The van der Waals surface area contributed by atoms with Crippen LogP contribution in [0.15, 0.2) is 0 Å². The van der Waals surface area contributed by atoms with Crippen LogP contribution in [0, 0.1) is 11.8 Å². The van der Waals surface area contributed by atoms with Gasteiger partial charge in [-0.15, -0.1) is 0 Å². The average Bonchev–Trinajstić information content (AvgIpc) is 2.71. The molecule has 28 heavy (non-hydrogen) atoms.